The SMILES string of the molecule is CNc1nc(Nc2cccc(CN3CCCC(OC)C3)c2)nc2c1ncn2C(=O)NC1CC1. The van der Waals surface area contributed by atoms with E-state index in [-0.39, 0.29) is 12.1 Å². The number of benzene rings is 1. The maximum atomic E-state index is 12.6. The highest BCUT2D eigenvalue weighted by Gasteiger charge is 2.25. The van der Waals surface area contributed by atoms with Crippen LogP contribution in [0.2, 0.25) is 0 Å². The van der Waals surface area contributed by atoms with Gasteiger partial charge in [-0.2, -0.15) is 9.97 Å². The second-order valence-electron chi connectivity index (χ2n) is 8.72. The zero-order chi connectivity index (χ0) is 22.8. The average molecular weight is 451 g/mol. The van der Waals surface area contributed by atoms with Crippen molar-refractivity contribution in [1.29, 1.82) is 0 Å². The minimum Gasteiger partial charge on any atom is -0.380 e. The monoisotopic (exact) mass is 450 g/mol. The van der Waals surface area contributed by atoms with Gasteiger partial charge in [0.1, 0.15) is 6.33 Å². The predicted molar refractivity (Wildman–Crippen MR) is 127 cm³/mol. The summed E-state index contributed by atoms with van der Waals surface area (Å²) >= 11 is 0. The molecule has 10 heteroatoms. The van der Waals surface area contributed by atoms with E-state index in [1.807, 2.05) is 12.1 Å². The number of fused-ring (bicyclic) bond motifs is 1. The van der Waals surface area contributed by atoms with Gasteiger partial charge in [-0.25, -0.2) is 14.3 Å². The Balaban J connectivity index is 1.36. The van der Waals surface area contributed by atoms with Gasteiger partial charge in [-0.05, 0) is 49.9 Å². The molecule has 3 heterocycles. The van der Waals surface area contributed by atoms with Crippen LogP contribution in [0, 0.1) is 0 Å². The van der Waals surface area contributed by atoms with Crippen LogP contribution in [0.3, 0.4) is 0 Å². The van der Waals surface area contributed by atoms with Gasteiger partial charge in [0.15, 0.2) is 17.0 Å². The van der Waals surface area contributed by atoms with Crippen molar-refractivity contribution in [3.05, 3.63) is 36.2 Å². The first kappa shape index (κ1) is 21.6. The number of hydrogen-bond donors (Lipinski definition) is 3. The Bertz CT molecular complexity index is 1140. The molecule has 10 nitrogen and oxygen atoms in total. The first-order valence-corrected chi connectivity index (χ1v) is 11.5. The van der Waals surface area contributed by atoms with Gasteiger partial charge in [-0.3, -0.25) is 4.90 Å². The molecular formula is C23H30N8O2. The first-order chi connectivity index (χ1) is 16.1. The van der Waals surface area contributed by atoms with Crippen LogP contribution in [-0.2, 0) is 11.3 Å². The molecule has 1 atom stereocenters. The van der Waals surface area contributed by atoms with Crippen LogP contribution in [0.1, 0.15) is 31.2 Å². The second kappa shape index (κ2) is 9.32. The molecule has 1 aliphatic heterocycles. The lowest BCUT2D eigenvalue weighted by molar-refractivity contribution is 0.0285. The molecule has 0 bridgehead atoms. The van der Waals surface area contributed by atoms with Crippen LogP contribution in [0.4, 0.5) is 22.2 Å². The highest BCUT2D eigenvalue weighted by Crippen LogP contribution is 2.24. The summed E-state index contributed by atoms with van der Waals surface area (Å²) in [5, 5.41) is 9.34. The predicted octanol–water partition coefficient (Wildman–Crippen LogP) is 2.94. The van der Waals surface area contributed by atoms with E-state index in [2.05, 4.69) is 47.9 Å². The number of anilines is 3. The third kappa shape index (κ3) is 4.91. The number of nitrogens with one attached hydrogen (secondary N) is 3. The van der Waals surface area contributed by atoms with Gasteiger partial charge >= 0.3 is 6.03 Å². The van der Waals surface area contributed by atoms with Crippen molar-refractivity contribution in [2.75, 3.05) is 37.9 Å². The summed E-state index contributed by atoms with van der Waals surface area (Å²) in [6.45, 7) is 2.90. The lowest BCUT2D eigenvalue weighted by Gasteiger charge is -2.31. The molecule has 1 unspecified atom stereocenters. The number of rotatable bonds is 7. The van der Waals surface area contributed by atoms with Gasteiger partial charge in [0.05, 0.1) is 6.10 Å². The van der Waals surface area contributed by atoms with Crippen molar-refractivity contribution < 1.29 is 9.53 Å². The number of carbonyl (C=O) groups excluding carboxylic acids is 1. The second-order valence-corrected chi connectivity index (χ2v) is 8.72. The Morgan fingerprint density at radius 2 is 2.12 bits per heavy atom. The maximum absolute atomic E-state index is 12.6. The topological polar surface area (TPSA) is 109 Å². The van der Waals surface area contributed by atoms with Gasteiger partial charge in [-0.1, -0.05) is 12.1 Å². The number of likely N-dealkylation sites (tertiary alicyclic amines) is 1. The number of imidazole rings is 1. The van der Waals surface area contributed by atoms with Crippen LogP contribution >= 0.6 is 0 Å². The molecule has 0 radical (unpaired) electrons. The Kier molecular flexibility index (Phi) is 6.10. The zero-order valence-corrected chi connectivity index (χ0v) is 19.0. The fourth-order valence-corrected chi connectivity index (χ4v) is 4.23. The normalized spacial score (nSPS) is 18.9. The van der Waals surface area contributed by atoms with E-state index in [0.717, 1.165) is 51.0 Å². The molecule has 3 aromatic rings. The summed E-state index contributed by atoms with van der Waals surface area (Å²) in [5.41, 5.74) is 3.12. The van der Waals surface area contributed by atoms with Crippen LogP contribution in [-0.4, -0.2) is 69.8 Å². The molecule has 33 heavy (non-hydrogen) atoms. The number of amides is 1. The molecule has 0 spiro atoms. The zero-order valence-electron chi connectivity index (χ0n) is 19.0. The van der Waals surface area contributed by atoms with Crippen molar-refractivity contribution >= 4 is 34.6 Å². The number of piperidine rings is 1. The van der Waals surface area contributed by atoms with Gasteiger partial charge in [0, 0.05) is 39.0 Å². The summed E-state index contributed by atoms with van der Waals surface area (Å²) < 4.78 is 7.00. The number of methoxy groups -OCH3 is 1. The van der Waals surface area contributed by atoms with E-state index in [1.165, 1.54) is 16.5 Å². The summed E-state index contributed by atoms with van der Waals surface area (Å²) in [4.78, 5) is 28.6. The maximum Gasteiger partial charge on any atom is 0.328 e. The van der Waals surface area contributed by atoms with E-state index in [0.29, 0.717) is 29.0 Å². The highest BCUT2D eigenvalue weighted by molar-refractivity contribution is 5.92. The van der Waals surface area contributed by atoms with Crippen molar-refractivity contribution in [3.8, 4) is 0 Å². The van der Waals surface area contributed by atoms with Crippen LogP contribution in [0.15, 0.2) is 30.6 Å². The number of ether oxygens (including phenoxy) is 1. The third-order valence-electron chi connectivity index (χ3n) is 6.14. The Morgan fingerprint density at radius 3 is 2.91 bits per heavy atom. The lowest BCUT2D eigenvalue weighted by Crippen LogP contribution is -2.38. The van der Waals surface area contributed by atoms with E-state index >= 15 is 0 Å². The van der Waals surface area contributed by atoms with E-state index in [1.54, 1.807) is 14.2 Å². The molecule has 1 amide bonds. The Hall–Kier alpha value is -3.24. The van der Waals surface area contributed by atoms with Crippen LogP contribution in [0.25, 0.3) is 11.2 Å². The van der Waals surface area contributed by atoms with E-state index in [9.17, 15) is 4.79 Å². The molecule has 2 aliphatic rings. The summed E-state index contributed by atoms with van der Waals surface area (Å²) in [7, 11) is 3.57. The molecule has 1 aromatic carbocycles. The third-order valence-corrected chi connectivity index (χ3v) is 6.14. The fourth-order valence-electron chi connectivity index (χ4n) is 4.23. The van der Waals surface area contributed by atoms with Gasteiger partial charge in [0.2, 0.25) is 5.95 Å². The largest absolute Gasteiger partial charge is 0.380 e. The molecule has 1 aliphatic carbocycles. The molecule has 1 saturated heterocycles. The fraction of sp³-hybridized carbons (Fsp3) is 0.478. The summed E-state index contributed by atoms with van der Waals surface area (Å²) in [6, 6.07) is 8.29. The first-order valence-electron chi connectivity index (χ1n) is 11.5. The summed E-state index contributed by atoms with van der Waals surface area (Å²) in [6.07, 6.45) is 6.11. The molecule has 1 saturated carbocycles. The van der Waals surface area contributed by atoms with Crippen LogP contribution in [0.5, 0.6) is 0 Å². The minimum atomic E-state index is -0.218. The van der Waals surface area contributed by atoms with Crippen molar-refractivity contribution in [2.45, 2.75) is 44.4 Å². The van der Waals surface area contributed by atoms with Gasteiger partial charge in [0.25, 0.3) is 0 Å². The van der Waals surface area contributed by atoms with Crippen molar-refractivity contribution in [3.63, 3.8) is 0 Å². The molecule has 2 fully saturated rings. The summed E-state index contributed by atoms with van der Waals surface area (Å²) in [5.74, 6) is 0.970. The Labute approximate surface area is 192 Å². The number of hydrogen-bond acceptors (Lipinski definition) is 8. The van der Waals surface area contributed by atoms with E-state index < -0.39 is 0 Å². The molecule has 174 valence electrons. The molecule has 5 rings (SSSR count). The standard InChI is InChI=1S/C23H30N8O2/c1-24-20-19-21(31(14-25-19)23(32)27-16-8-9-16)29-22(28-20)26-17-6-3-5-15(11-17)12-30-10-4-7-18(13-30)33-2/h3,5-6,11,14,16,18H,4,7-10,12-13H2,1-2H3,(H,27,32)(H2,24,26,28,29). The molecule has 2 aromatic heterocycles. The highest BCUT2D eigenvalue weighted by atomic mass is 16.5. The molecule has 3 N–H and O–H groups in total. The Morgan fingerprint density at radius 1 is 1.24 bits per heavy atom. The minimum absolute atomic E-state index is 0.218. The van der Waals surface area contributed by atoms with Crippen LogP contribution < -0.4 is 16.0 Å². The number of nitrogens with zero attached hydrogens (tertiary/aromatic N) is 5. The molecular weight excluding hydrogens is 420 g/mol. The van der Waals surface area contributed by atoms with Gasteiger partial charge in [-0.15, -0.1) is 0 Å². The number of carbonyl (C=O) groups is 1. The van der Waals surface area contributed by atoms with E-state index in [4.69, 9.17) is 4.74 Å². The average Bonchev–Trinajstić information content (AvgIpc) is 3.54. The van der Waals surface area contributed by atoms with Crippen molar-refractivity contribution in [1.82, 2.24) is 29.7 Å². The van der Waals surface area contributed by atoms with Crippen molar-refractivity contribution in [2.24, 2.45) is 0 Å². The number of aromatic nitrogens is 4. The van der Waals surface area contributed by atoms with Gasteiger partial charge < -0.3 is 20.7 Å². The quantitative estimate of drug-likeness (QED) is 0.504. The smallest absolute Gasteiger partial charge is 0.328 e. The lowest BCUT2D eigenvalue weighted by atomic mass is 10.1.